The number of aryl methyl sites for hydroxylation is 1. The van der Waals surface area contributed by atoms with Gasteiger partial charge in [0.25, 0.3) is 0 Å². The van der Waals surface area contributed by atoms with Crippen molar-refractivity contribution in [3.8, 4) is 5.95 Å². The highest BCUT2D eigenvalue weighted by Gasteiger charge is 2.08. The van der Waals surface area contributed by atoms with E-state index >= 15 is 0 Å². The molecule has 90 valence electrons. The first-order valence-corrected chi connectivity index (χ1v) is 5.66. The average Bonchev–Trinajstić information content (AvgIpc) is 2.93. The topological polar surface area (TPSA) is 63.6 Å². The molecule has 5 nitrogen and oxygen atoms in total. The van der Waals surface area contributed by atoms with Crippen LogP contribution in [0.4, 0.5) is 0 Å². The van der Waals surface area contributed by atoms with Gasteiger partial charge in [0, 0.05) is 6.20 Å². The zero-order valence-corrected chi connectivity index (χ0v) is 10.1. The molecule has 0 unspecified atom stereocenters. The van der Waals surface area contributed by atoms with Crippen LogP contribution in [-0.4, -0.2) is 25.5 Å². The Morgan fingerprint density at radius 1 is 1.39 bits per heavy atom. The second-order valence-electron chi connectivity index (χ2n) is 4.31. The van der Waals surface area contributed by atoms with Gasteiger partial charge in [-0.3, -0.25) is 4.79 Å². The SMILES string of the molecule is CC(=O)c1cnn(-c2nc3cc(C)ccc3[nH]2)c1. The highest BCUT2D eigenvalue weighted by Crippen LogP contribution is 2.15. The number of nitrogens with one attached hydrogen (secondary N) is 1. The number of nitrogens with zero attached hydrogens (tertiary/aromatic N) is 3. The normalized spacial score (nSPS) is 11.0. The fourth-order valence-corrected chi connectivity index (χ4v) is 1.83. The zero-order chi connectivity index (χ0) is 12.7. The van der Waals surface area contributed by atoms with Crippen LogP contribution >= 0.6 is 0 Å². The number of benzene rings is 1. The predicted molar refractivity (Wildman–Crippen MR) is 68.0 cm³/mol. The Morgan fingerprint density at radius 3 is 2.94 bits per heavy atom. The third-order valence-electron chi connectivity index (χ3n) is 2.83. The molecule has 0 aliphatic rings. The van der Waals surface area contributed by atoms with Crippen molar-refractivity contribution in [2.45, 2.75) is 13.8 Å². The molecule has 0 aliphatic heterocycles. The van der Waals surface area contributed by atoms with Crippen LogP contribution in [0.15, 0.2) is 30.6 Å². The van der Waals surface area contributed by atoms with Gasteiger partial charge in [0.2, 0.25) is 5.95 Å². The van der Waals surface area contributed by atoms with Crippen molar-refractivity contribution in [3.05, 3.63) is 41.7 Å². The number of Topliss-reactive ketones (excluding diaryl/α,β-unsaturated/α-hetero) is 1. The Hall–Kier alpha value is -2.43. The van der Waals surface area contributed by atoms with Crippen LogP contribution in [0.25, 0.3) is 17.0 Å². The Morgan fingerprint density at radius 2 is 2.22 bits per heavy atom. The first-order chi connectivity index (χ1) is 8.63. The summed E-state index contributed by atoms with van der Waals surface area (Å²) in [6.45, 7) is 3.54. The minimum absolute atomic E-state index is 0.00629. The van der Waals surface area contributed by atoms with E-state index in [4.69, 9.17) is 0 Å². The molecule has 0 amide bonds. The highest BCUT2D eigenvalue weighted by atomic mass is 16.1. The maximum Gasteiger partial charge on any atom is 0.229 e. The van der Waals surface area contributed by atoms with Crippen molar-refractivity contribution < 1.29 is 4.79 Å². The van der Waals surface area contributed by atoms with E-state index in [0.717, 1.165) is 16.6 Å². The molecule has 0 aliphatic carbocycles. The number of aromatic nitrogens is 4. The molecule has 3 aromatic rings. The van der Waals surface area contributed by atoms with Crippen molar-refractivity contribution in [1.29, 1.82) is 0 Å². The van der Waals surface area contributed by atoms with E-state index in [-0.39, 0.29) is 5.78 Å². The predicted octanol–water partition coefficient (Wildman–Crippen LogP) is 2.26. The average molecular weight is 240 g/mol. The Kier molecular flexibility index (Phi) is 2.26. The number of hydrogen-bond acceptors (Lipinski definition) is 3. The molecular weight excluding hydrogens is 228 g/mol. The van der Waals surface area contributed by atoms with E-state index < -0.39 is 0 Å². The highest BCUT2D eigenvalue weighted by molar-refractivity contribution is 5.93. The minimum atomic E-state index is -0.00629. The summed E-state index contributed by atoms with van der Waals surface area (Å²) < 4.78 is 1.58. The molecular formula is C13H12N4O. The molecule has 0 spiro atoms. The molecule has 0 atom stereocenters. The van der Waals surface area contributed by atoms with E-state index in [1.807, 2.05) is 25.1 Å². The second kappa shape index (κ2) is 3.80. The first-order valence-electron chi connectivity index (χ1n) is 5.66. The van der Waals surface area contributed by atoms with Crippen LogP contribution in [0.1, 0.15) is 22.8 Å². The molecule has 0 saturated heterocycles. The third-order valence-corrected chi connectivity index (χ3v) is 2.83. The number of carbonyl (C=O) groups is 1. The maximum absolute atomic E-state index is 11.2. The van der Waals surface area contributed by atoms with Crippen LogP contribution in [0, 0.1) is 6.92 Å². The van der Waals surface area contributed by atoms with Crippen molar-refractivity contribution in [1.82, 2.24) is 19.7 Å². The van der Waals surface area contributed by atoms with Gasteiger partial charge in [-0.2, -0.15) is 5.10 Å². The number of fused-ring (bicyclic) bond motifs is 1. The van der Waals surface area contributed by atoms with Gasteiger partial charge < -0.3 is 4.98 Å². The molecule has 3 rings (SSSR count). The monoisotopic (exact) mass is 240 g/mol. The fourth-order valence-electron chi connectivity index (χ4n) is 1.83. The van der Waals surface area contributed by atoms with E-state index in [1.165, 1.54) is 6.92 Å². The van der Waals surface area contributed by atoms with Crippen LogP contribution in [-0.2, 0) is 0 Å². The summed E-state index contributed by atoms with van der Waals surface area (Å²) in [7, 11) is 0. The van der Waals surface area contributed by atoms with Gasteiger partial charge >= 0.3 is 0 Å². The number of H-pyrrole nitrogens is 1. The molecule has 2 heterocycles. The van der Waals surface area contributed by atoms with E-state index in [9.17, 15) is 4.79 Å². The summed E-state index contributed by atoms with van der Waals surface area (Å²) in [5.74, 6) is 0.608. The Balaban J connectivity index is 2.10. The van der Waals surface area contributed by atoms with Crippen LogP contribution in [0.2, 0.25) is 0 Å². The molecule has 2 aromatic heterocycles. The van der Waals surface area contributed by atoms with E-state index in [2.05, 4.69) is 15.1 Å². The molecule has 1 N–H and O–H groups in total. The lowest BCUT2D eigenvalue weighted by molar-refractivity contribution is 0.101. The summed E-state index contributed by atoms with van der Waals surface area (Å²) in [6, 6.07) is 6.01. The van der Waals surface area contributed by atoms with E-state index in [0.29, 0.717) is 11.5 Å². The molecule has 0 bridgehead atoms. The number of hydrogen-bond donors (Lipinski definition) is 1. The number of aromatic amines is 1. The standard InChI is InChI=1S/C13H12N4O/c1-8-3-4-11-12(5-8)16-13(15-11)17-7-10(6-14-17)9(2)18/h3-7H,1-2H3,(H,15,16). The third kappa shape index (κ3) is 1.69. The van der Waals surface area contributed by atoms with Crippen LogP contribution in [0.3, 0.4) is 0 Å². The molecule has 0 fully saturated rings. The van der Waals surface area contributed by atoms with Crippen molar-refractivity contribution in [3.63, 3.8) is 0 Å². The molecule has 18 heavy (non-hydrogen) atoms. The molecule has 1 aromatic carbocycles. The van der Waals surface area contributed by atoms with Gasteiger partial charge in [-0.25, -0.2) is 9.67 Å². The van der Waals surface area contributed by atoms with Gasteiger partial charge in [-0.15, -0.1) is 0 Å². The summed E-state index contributed by atoms with van der Waals surface area (Å²) in [5.41, 5.74) is 3.58. The van der Waals surface area contributed by atoms with E-state index in [1.54, 1.807) is 17.1 Å². The zero-order valence-electron chi connectivity index (χ0n) is 10.1. The maximum atomic E-state index is 11.2. The lowest BCUT2D eigenvalue weighted by Crippen LogP contribution is -1.96. The van der Waals surface area contributed by atoms with Crippen molar-refractivity contribution in [2.75, 3.05) is 0 Å². The Bertz CT molecular complexity index is 738. The Labute approximate surface area is 103 Å². The molecule has 0 radical (unpaired) electrons. The fraction of sp³-hybridized carbons (Fsp3) is 0.154. The van der Waals surface area contributed by atoms with Gasteiger partial charge in [-0.1, -0.05) is 6.07 Å². The van der Waals surface area contributed by atoms with Gasteiger partial charge in [0.1, 0.15) is 0 Å². The lowest BCUT2D eigenvalue weighted by Gasteiger charge is -1.92. The van der Waals surface area contributed by atoms with Gasteiger partial charge in [0.05, 0.1) is 22.8 Å². The number of imidazole rings is 1. The quantitative estimate of drug-likeness (QED) is 0.699. The van der Waals surface area contributed by atoms with Crippen molar-refractivity contribution in [2.24, 2.45) is 0 Å². The summed E-state index contributed by atoms with van der Waals surface area (Å²) in [6.07, 6.45) is 3.22. The number of ketones is 1. The number of carbonyl (C=O) groups excluding carboxylic acids is 1. The summed E-state index contributed by atoms with van der Waals surface area (Å²) in [5, 5.41) is 4.13. The van der Waals surface area contributed by atoms with Gasteiger partial charge in [0.15, 0.2) is 5.78 Å². The first kappa shape index (κ1) is 10.7. The van der Waals surface area contributed by atoms with Crippen LogP contribution < -0.4 is 0 Å². The van der Waals surface area contributed by atoms with Crippen molar-refractivity contribution >= 4 is 16.8 Å². The minimum Gasteiger partial charge on any atom is -0.322 e. The molecule has 0 saturated carbocycles. The van der Waals surface area contributed by atoms with Gasteiger partial charge in [-0.05, 0) is 31.5 Å². The lowest BCUT2D eigenvalue weighted by atomic mass is 10.2. The second-order valence-corrected chi connectivity index (χ2v) is 4.31. The molecule has 5 heteroatoms. The smallest absolute Gasteiger partial charge is 0.229 e. The summed E-state index contributed by atoms with van der Waals surface area (Å²) >= 11 is 0. The number of rotatable bonds is 2. The summed E-state index contributed by atoms with van der Waals surface area (Å²) in [4.78, 5) is 18.8. The largest absolute Gasteiger partial charge is 0.322 e. The van der Waals surface area contributed by atoms with Crippen LogP contribution in [0.5, 0.6) is 0 Å².